The lowest BCUT2D eigenvalue weighted by Gasteiger charge is -1.94. The Morgan fingerprint density at radius 1 is 1.38 bits per heavy atom. The summed E-state index contributed by atoms with van der Waals surface area (Å²) in [5.41, 5.74) is 1.99. The lowest BCUT2D eigenvalue weighted by Crippen LogP contribution is -1.86. The minimum atomic E-state index is 0.521. The molecule has 1 heterocycles. The smallest absolute Gasteiger partial charge is 0.0877 e. The third kappa shape index (κ3) is 1.43. The molecule has 0 aliphatic heterocycles. The van der Waals surface area contributed by atoms with Crippen molar-refractivity contribution < 1.29 is 4.74 Å². The SMILES string of the molecule is COCc1[nH]c2ccccc2c1Cl. The van der Waals surface area contributed by atoms with Gasteiger partial charge in [-0.3, -0.25) is 0 Å². The van der Waals surface area contributed by atoms with E-state index in [9.17, 15) is 0 Å². The normalized spacial score (nSPS) is 10.9. The third-order valence-electron chi connectivity index (χ3n) is 2.00. The molecular weight excluding hydrogens is 186 g/mol. The van der Waals surface area contributed by atoms with Gasteiger partial charge < -0.3 is 9.72 Å². The van der Waals surface area contributed by atoms with Gasteiger partial charge in [-0.05, 0) is 6.07 Å². The van der Waals surface area contributed by atoms with Gasteiger partial charge in [0.2, 0.25) is 0 Å². The molecule has 2 nitrogen and oxygen atoms in total. The first-order chi connectivity index (χ1) is 6.33. The van der Waals surface area contributed by atoms with Crippen LogP contribution in [-0.2, 0) is 11.3 Å². The molecule has 13 heavy (non-hydrogen) atoms. The summed E-state index contributed by atoms with van der Waals surface area (Å²) in [6.07, 6.45) is 0. The van der Waals surface area contributed by atoms with Crippen LogP contribution in [0, 0.1) is 0 Å². The van der Waals surface area contributed by atoms with Crippen LogP contribution in [0.3, 0.4) is 0 Å². The molecule has 0 fully saturated rings. The number of aromatic nitrogens is 1. The zero-order chi connectivity index (χ0) is 9.26. The Labute approximate surface area is 81.5 Å². The van der Waals surface area contributed by atoms with E-state index in [0.717, 1.165) is 21.6 Å². The van der Waals surface area contributed by atoms with Crippen LogP contribution in [0.1, 0.15) is 5.69 Å². The lowest BCUT2D eigenvalue weighted by molar-refractivity contribution is 0.182. The Balaban J connectivity index is 2.60. The highest BCUT2D eigenvalue weighted by Gasteiger charge is 2.07. The predicted octanol–water partition coefficient (Wildman–Crippen LogP) is 2.97. The zero-order valence-corrected chi connectivity index (χ0v) is 8.06. The monoisotopic (exact) mass is 195 g/mol. The number of para-hydroxylation sites is 1. The van der Waals surface area contributed by atoms with Crippen LogP contribution in [0.2, 0.25) is 5.02 Å². The second kappa shape index (κ2) is 3.40. The molecule has 0 aliphatic rings. The van der Waals surface area contributed by atoms with Gasteiger partial charge in [-0.1, -0.05) is 29.8 Å². The molecular formula is C10H10ClNO. The van der Waals surface area contributed by atoms with Crippen molar-refractivity contribution in [2.45, 2.75) is 6.61 Å². The van der Waals surface area contributed by atoms with Gasteiger partial charge in [0.15, 0.2) is 0 Å². The summed E-state index contributed by atoms with van der Waals surface area (Å²) >= 11 is 6.12. The average Bonchev–Trinajstić information content (AvgIpc) is 2.46. The van der Waals surface area contributed by atoms with E-state index < -0.39 is 0 Å². The van der Waals surface area contributed by atoms with E-state index in [4.69, 9.17) is 16.3 Å². The molecule has 1 N–H and O–H groups in total. The van der Waals surface area contributed by atoms with Gasteiger partial charge >= 0.3 is 0 Å². The minimum absolute atomic E-state index is 0.521. The Bertz CT molecular complexity index is 422. The van der Waals surface area contributed by atoms with E-state index in [-0.39, 0.29) is 0 Å². The Morgan fingerprint density at radius 2 is 2.15 bits per heavy atom. The number of hydrogen-bond acceptors (Lipinski definition) is 1. The first-order valence-corrected chi connectivity index (χ1v) is 4.44. The molecule has 1 aromatic heterocycles. The van der Waals surface area contributed by atoms with Crippen molar-refractivity contribution in [1.29, 1.82) is 0 Å². The van der Waals surface area contributed by atoms with E-state index in [1.54, 1.807) is 7.11 Å². The third-order valence-corrected chi connectivity index (χ3v) is 2.43. The van der Waals surface area contributed by atoms with E-state index in [0.29, 0.717) is 6.61 Å². The summed E-state index contributed by atoms with van der Waals surface area (Å²) in [5, 5.41) is 1.81. The van der Waals surface area contributed by atoms with E-state index >= 15 is 0 Å². The average molecular weight is 196 g/mol. The Hall–Kier alpha value is -0.990. The second-order valence-electron chi connectivity index (χ2n) is 2.90. The molecule has 1 aromatic carbocycles. The summed E-state index contributed by atoms with van der Waals surface area (Å²) < 4.78 is 5.02. The highest BCUT2D eigenvalue weighted by atomic mass is 35.5. The van der Waals surface area contributed by atoms with E-state index in [2.05, 4.69) is 4.98 Å². The molecule has 0 unspecified atom stereocenters. The van der Waals surface area contributed by atoms with Crippen LogP contribution < -0.4 is 0 Å². The summed E-state index contributed by atoms with van der Waals surface area (Å²) in [7, 11) is 1.65. The number of methoxy groups -OCH3 is 1. The first-order valence-electron chi connectivity index (χ1n) is 4.07. The molecule has 0 spiro atoms. The van der Waals surface area contributed by atoms with Crippen molar-refractivity contribution in [3.8, 4) is 0 Å². The molecule has 0 amide bonds. The fourth-order valence-electron chi connectivity index (χ4n) is 1.41. The van der Waals surface area contributed by atoms with Crippen LogP contribution in [0.25, 0.3) is 10.9 Å². The maximum atomic E-state index is 6.12. The van der Waals surface area contributed by atoms with E-state index in [1.807, 2.05) is 24.3 Å². The quantitative estimate of drug-likeness (QED) is 0.783. The number of ether oxygens (including phenoxy) is 1. The van der Waals surface area contributed by atoms with Gasteiger partial charge in [-0.2, -0.15) is 0 Å². The molecule has 2 aromatic rings. The molecule has 0 saturated carbocycles. The maximum Gasteiger partial charge on any atom is 0.0877 e. The summed E-state index contributed by atoms with van der Waals surface area (Å²) in [6, 6.07) is 7.94. The van der Waals surface area contributed by atoms with Crippen molar-refractivity contribution in [3.05, 3.63) is 35.0 Å². The molecule has 0 bridgehead atoms. The fourth-order valence-corrected chi connectivity index (χ4v) is 1.67. The number of benzene rings is 1. The largest absolute Gasteiger partial charge is 0.378 e. The highest BCUT2D eigenvalue weighted by Crippen LogP contribution is 2.27. The van der Waals surface area contributed by atoms with Crippen LogP contribution >= 0.6 is 11.6 Å². The maximum absolute atomic E-state index is 6.12. The number of fused-ring (bicyclic) bond motifs is 1. The molecule has 0 radical (unpaired) electrons. The Kier molecular flexibility index (Phi) is 2.25. The van der Waals surface area contributed by atoms with Crippen molar-refractivity contribution in [3.63, 3.8) is 0 Å². The van der Waals surface area contributed by atoms with Gasteiger partial charge in [0, 0.05) is 18.0 Å². The minimum Gasteiger partial charge on any atom is -0.378 e. The van der Waals surface area contributed by atoms with Crippen LogP contribution in [0.5, 0.6) is 0 Å². The molecule has 0 atom stereocenters. The summed E-state index contributed by atoms with van der Waals surface area (Å²) in [6.45, 7) is 0.521. The summed E-state index contributed by atoms with van der Waals surface area (Å²) in [5.74, 6) is 0. The van der Waals surface area contributed by atoms with Gasteiger partial charge in [0.25, 0.3) is 0 Å². The van der Waals surface area contributed by atoms with Crippen LogP contribution in [0.4, 0.5) is 0 Å². The molecule has 0 saturated heterocycles. The zero-order valence-electron chi connectivity index (χ0n) is 7.30. The van der Waals surface area contributed by atoms with Crippen molar-refractivity contribution in [2.75, 3.05) is 7.11 Å². The number of nitrogens with one attached hydrogen (secondary N) is 1. The standard InChI is InChI=1S/C10H10ClNO/c1-13-6-9-10(11)7-4-2-3-5-8(7)12-9/h2-5,12H,6H2,1H3. The number of aromatic amines is 1. The highest BCUT2D eigenvalue weighted by molar-refractivity contribution is 6.36. The number of H-pyrrole nitrogens is 1. The van der Waals surface area contributed by atoms with Crippen molar-refractivity contribution in [2.24, 2.45) is 0 Å². The Morgan fingerprint density at radius 3 is 2.85 bits per heavy atom. The lowest BCUT2D eigenvalue weighted by atomic mass is 10.2. The first kappa shape index (κ1) is 8.60. The molecule has 3 heteroatoms. The number of hydrogen-bond donors (Lipinski definition) is 1. The second-order valence-corrected chi connectivity index (χ2v) is 3.27. The van der Waals surface area contributed by atoms with Gasteiger partial charge in [0.05, 0.1) is 17.3 Å². The molecule has 0 aliphatic carbocycles. The van der Waals surface area contributed by atoms with Crippen molar-refractivity contribution >= 4 is 22.5 Å². The number of rotatable bonds is 2. The number of halogens is 1. The van der Waals surface area contributed by atoms with Crippen LogP contribution in [0.15, 0.2) is 24.3 Å². The fraction of sp³-hybridized carbons (Fsp3) is 0.200. The predicted molar refractivity (Wildman–Crippen MR) is 54.0 cm³/mol. The van der Waals surface area contributed by atoms with E-state index in [1.165, 1.54) is 0 Å². The van der Waals surface area contributed by atoms with Crippen molar-refractivity contribution in [1.82, 2.24) is 4.98 Å². The van der Waals surface area contributed by atoms with Gasteiger partial charge in [0.1, 0.15) is 0 Å². The molecule has 68 valence electrons. The van der Waals surface area contributed by atoms with Gasteiger partial charge in [-0.25, -0.2) is 0 Å². The van der Waals surface area contributed by atoms with Gasteiger partial charge in [-0.15, -0.1) is 0 Å². The summed E-state index contributed by atoms with van der Waals surface area (Å²) in [4.78, 5) is 3.21. The topological polar surface area (TPSA) is 25.0 Å². The molecule has 2 rings (SSSR count). The van der Waals surface area contributed by atoms with Crippen LogP contribution in [-0.4, -0.2) is 12.1 Å².